The van der Waals surface area contributed by atoms with E-state index in [0.29, 0.717) is 10.2 Å². The number of pyridine rings is 1. The predicted octanol–water partition coefficient (Wildman–Crippen LogP) is 3.85. The van der Waals surface area contributed by atoms with Crippen LogP contribution < -0.4 is 5.32 Å². The third-order valence-electron chi connectivity index (χ3n) is 2.55. The van der Waals surface area contributed by atoms with Crippen LogP contribution in [0.4, 0.5) is 17.1 Å². The number of carboxylic acids is 1. The van der Waals surface area contributed by atoms with Crippen molar-refractivity contribution < 1.29 is 14.8 Å². The number of hydrogen-bond acceptors (Lipinski definition) is 5. The molecule has 9 heteroatoms. The Labute approximate surface area is 131 Å². The molecule has 0 amide bonds. The molecule has 2 N–H and O–H groups in total. The molecule has 0 atom stereocenters. The van der Waals surface area contributed by atoms with E-state index in [4.69, 9.17) is 16.7 Å². The Balaban J connectivity index is 2.44. The van der Waals surface area contributed by atoms with E-state index in [1.807, 2.05) is 0 Å². The number of anilines is 2. The SMILES string of the molecule is O=C(O)c1ccc(Nc2c(Br)cncc2[N+](=O)[O-])c(Cl)c1. The zero-order valence-electron chi connectivity index (χ0n) is 10.2. The van der Waals surface area contributed by atoms with Crippen LogP contribution in [0, 0.1) is 10.1 Å². The second-order valence-corrected chi connectivity index (χ2v) is 5.16. The molecule has 0 spiro atoms. The van der Waals surface area contributed by atoms with Crippen molar-refractivity contribution in [2.45, 2.75) is 0 Å². The maximum absolute atomic E-state index is 11.0. The van der Waals surface area contributed by atoms with Crippen LogP contribution in [0.1, 0.15) is 10.4 Å². The third kappa shape index (κ3) is 3.29. The van der Waals surface area contributed by atoms with Gasteiger partial charge in [0.25, 0.3) is 0 Å². The normalized spacial score (nSPS) is 10.2. The van der Waals surface area contributed by atoms with Crippen LogP contribution in [-0.2, 0) is 0 Å². The summed E-state index contributed by atoms with van der Waals surface area (Å²) < 4.78 is 0.384. The molecule has 2 rings (SSSR count). The lowest BCUT2D eigenvalue weighted by atomic mass is 10.2. The molecule has 0 aliphatic rings. The van der Waals surface area contributed by atoms with E-state index in [9.17, 15) is 14.9 Å². The number of aromatic carboxylic acids is 1. The van der Waals surface area contributed by atoms with Crippen LogP contribution >= 0.6 is 27.5 Å². The van der Waals surface area contributed by atoms with Crippen molar-refractivity contribution in [3.8, 4) is 0 Å². The summed E-state index contributed by atoms with van der Waals surface area (Å²) in [6.07, 6.45) is 2.50. The molecule has 1 aromatic carbocycles. The molecule has 0 aliphatic heterocycles. The monoisotopic (exact) mass is 371 g/mol. The Hall–Kier alpha value is -2.19. The number of hydrogen-bond donors (Lipinski definition) is 2. The third-order valence-corrected chi connectivity index (χ3v) is 3.47. The minimum absolute atomic E-state index is 0.0221. The largest absolute Gasteiger partial charge is 0.478 e. The summed E-state index contributed by atoms with van der Waals surface area (Å²) in [6.45, 7) is 0. The van der Waals surface area contributed by atoms with Gasteiger partial charge < -0.3 is 10.4 Å². The Morgan fingerprint density at radius 2 is 2.14 bits per heavy atom. The van der Waals surface area contributed by atoms with Gasteiger partial charge in [-0.3, -0.25) is 15.1 Å². The van der Waals surface area contributed by atoms with Crippen molar-refractivity contribution in [3.05, 3.63) is 55.8 Å². The van der Waals surface area contributed by atoms with Crippen LogP contribution in [0.2, 0.25) is 5.02 Å². The predicted molar refractivity (Wildman–Crippen MR) is 80.3 cm³/mol. The number of halogens is 2. The quantitative estimate of drug-likeness (QED) is 0.624. The van der Waals surface area contributed by atoms with E-state index >= 15 is 0 Å². The summed E-state index contributed by atoms with van der Waals surface area (Å²) in [5.74, 6) is -1.11. The summed E-state index contributed by atoms with van der Waals surface area (Å²) in [4.78, 5) is 25.0. The lowest BCUT2D eigenvalue weighted by Crippen LogP contribution is -2.01. The molecule has 0 unspecified atom stereocenters. The first-order valence-electron chi connectivity index (χ1n) is 5.48. The van der Waals surface area contributed by atoms with Crippen molar-refractivity contribution in [2.75, 3.05) is 5.32 Å². The van der Waals surface area contributed by atoms with E-state index in [0.717, 1.165) is 6.20 Å². The van der Waals surface area contributed by atoms with Crippen molar-refractivity contribution in [1.82, 2.24) is 4.98 Å². The van der Waals surface area contributed by atoms with Gasteiger partial charge in [-0.2, -0.15) is 0 Å². The Kier molecular flexibility index (Phi) is 4.39. The first-order valence-corrected chi connectivity index (χ1v) is 6.65. The fourth-order valence-corrected chi connectivity index (χ4v) is 2.22. The van der Waals surface area contributed by atoms with Gasteiger partial charge in [-0.1, -0.05) is 11.6 Å². The summed E-state index contributed by atoms with van der Waals surface area (Å²) in [5.41, 5.74) is 0.313. The molecule has 0 fully saturated rings. The number of aromatic nitrogens is 1. The van der Waals surface area contributed by atoms with Gasteiger partial charge in [0, 0.05) is 6.20 Å². The van der Waals surface area contributed by atoms with E-state index in [1.54, 1.807) is 0 Å². The van der Waals surface area contributed by atoms with Gasteiger partial charge in [-0.05, 0) is 34.1 Å². The lowest BCUT2D eigenvalue weighted by Gasteiger charge is -2.10. The highest BCUT2D eigenvalue weighted by Crippen LogP contribution is 2.35. The minimum Gasteiger partial charge on any atom is -0.478 e. The second kappa shape index (κ2) is 6.06. The number of carbonyl (C=O) groups is 1. The second-order valence-electron chi connectivity index (χ2n) is 3.90. The molecule has 0 saturated carbocycles. The standard InChI is InChI=1S/C12H7BrClN3O4/c13-7-4-15-5-10(17(20)21)11(7)16-9-2-1-6(12(18)19)3-8(9)14/h1-5H,(H,15,16)(H,18,19). The molecule has 0 saturated heterocycles. The molecule has 1 heterocycles. The van der Waals surface area contributed by atoms with E-state index in [-0.39, 0.29) is 22.0 Å². The summed E-state index contributed by atoms with van der Waals surface area (Å²) in [7, 11) is 0. The van der Waals surface area contributed by atoms with Crippen molar-refractivity contribution in [1.29, 1.82) is 0 Å². The Morgan fingerprint density at radius 1 is 1.43 bits per heavy atom. The fraction of sp³-hybridized carbons (Fsp3) is 0. The van der Waals surface area contributed by atoms with Crippen LogP contribution in [0.25, 0.3) is 0 Å². The molecule has 0 bridgehead atoms. The number of nitrogens with zero attached hydrogens (tertiary/aromatic N) is 2. The van der Waals surface area contributed by atoms with Crippen LogP contribution in [0.3, 0.4) is 0 Å². The zero-order valence-corrected chi connectivity index (χ0v) is 12.6. The van der Waals surface area contributed by atoms with Crippen LogP contribution in [0.5, 0.6) is 0 Å². The van der Waals surface area contributed by atoms with Gasteiger partial charge in [0.05, 0.1) is 25.7 Å². The maximum atomic E-state index is 11.0. The van der Waals surface area contributed by atoms with E-state index in [2.05, 4.69) is 26.2 Å². The number of nitro groups is 1. The number of carboxylic acid groups (broad SMARTS) is 1. The minimum atomic E-state index is -1.11. The van der Waals surface area contributed by atoms with Gasteiger partial charge in [-0.25, -0.2) is 4.79 Å². The first-order chi connectivity index (χ1) is 9.90. The smallest absolute Gasteiger partial charge is 0.335 e. The van der Waals surface area contributed by atoms with Crippen LogP contribution in [0.15, 0.2) is 35.1 Å². The van der Waals surface area contributed by atoms with Gasteiger partial charge in [0.2, 0.25) is 0 Å². The van der Waals surface area contributed by atoms with E-state index < -0.39 is 10.9 Å². The molecule has 1 aromatic heterocycles. The molecule has 0 radical (unpaired) electrons. The molecule has 2 aromatic rings. The van der Waals surface area contributed by atoms with Gasteiger partial charge in [0.1, 0.15) is 11.9 Å². The molecule has 0 aliphatic carbocycles. The van der Waals surface area contributed by atoms with Crippen LogP contribution in [-0.4, -0.2) is 21.0 Å². The van der Waals surface area contributed by atoms with Gasteiger partial charge in [-0.15, -0.1) is 0 Å². The summed E-state index contributed by atoms with van der Waals surface area (Å²) in [6, 6.07) is 4.03. The molecule has 21 heavy (non-hydrogen) atoms. The first kappa shape index (κ1) is 15.2. The highest BCUT2D eigenvalue weighted by atomic mass is 79.9. The summed E-state index contributed by atoms with van der Waals surface area (Å²) in [5, 5.41) is 22.8. The maximum Gasteiger partial charge on any atom is 0.335 e. The Morgan fingerprint density at radius 3 is 2.71 bits per heavy atom. The Bertz CT molecular complexity index is 738. The van der Waals surface area contributed by atoms with Crippen molar-refractivity contribution in [2.24, 2.45) is 0 Å². The topological polar surface area (TPSA) is 105 Å². The number of nitrogens with one attached hydrogen (secondary N) is 1. The number of benzene rings is 1. The summed E-state index contributed by atoms with van der Waals surface area (Å²) >= 11 is 9.15. The molecular weight excluding hydrogens is 366 g/mol. The lowest BCUT2D eigenvalue weighted by molar-refractivity contribution is -0.384. The fourth-order valence-electron chi connectivity index (χ4n) is 1.57. The average molecular weight is 373 g/mol. The van der Waals surface area contributed by atoms with E-state index in [1.165, 1.54) is 24.4 Å². The molecule has 7 nitrogen and oxygen atoms in total. The highest BCUT2D eigenvalue weighted by molar-refractivity contribution is 9.10. The van der Waals surface area contributed by atoms with Crippen molar-refractivity contribution in [3.63, 3.8) is 0 Å². The molecular formula is C12H7BrClN3O4. The van der Waals surface area contributed by atoms with Crippen molar-refractivity contribution >= 4 is 50.6 Å². The number of rotatable bonds is 4. The van der Waals surface area contributed by atoms with Gasteiger partial charge in [0.15, 0.2) is 0 Å². The average Bonchev–Trinajstić information content (AvgIpc) is 2.42. The molecule has 108 valence electrons. The highest BCUT2D eigenvalue weighted by Gasteiger charge is 2.18. The zero-order chi connectivity index (χ0) is 15.6. The van der Waals surface area contributed by atoms with Gasteiger partial charge >= 0.3 is 11.7 Å².